The molecule has 1 atom stereocenters. The Bertz CT molecular complexity index is 252. The van der Waals surface area contributed by atoms with Gasteiger partial charge in [0.2, 0.25) is 5.91 Å². The van der Waals surface area contributed by atoms with Crippen molar-refractivity contribution in [3.8, 4) is 0 Å². The second kappa shape index (κ2) is 5.65. The first-order valence-corrected chi connectivity index (χ1v) is 4.61. The van der Waals surface area contributed by atoms with Crippen LogP contribution >= 0.6 is 11.6 Å². The van der Waals surface area contributed by atoms with E-state index in [9.17, 15) is 9.59 Å². The summed E-state index contributed by atoms with van der Waals surface area (Å²) in [5, 5.41) is 9.09. The molecule has 1 amide bonds. The molecule has 1 unspecified atom stereocenters. The van der Waals surface area contributed by atoms with Crippen molar-refractivity contribution in [2.24, 2.45) is 0 Å². The van der Waals surface area contributed by atoms with E-state index in [0.717, 1.165) is 0 Å². The highest BCUT2D eigenvalue weighted by molar-refractivity contribution is 6.29. The van der Waals surface area contributed by atoms with Gasteiger partial charge in [-0.25, -0.2) is 4.79 Å². The van der Waals surface area contributed by atoms with Crippen molar-refractivity contribution >= 4 is 23.5 Å². The molecule has 1 N–H and O–H groups in total. The Morgan fingerprint density at radius 1 is 1.57 bits per heavy atom. The minimum atomic E-state index is -1.03. The smallest absolute Gasteiger partial charge is 0.326 e. The first-order chi connectivity index (χ1) is 6.40. The third-order valence-electron chi connectivity index (χ3n) is 1.79. The second-order valence-corrected chi connectivity index (χ2v) is 3.46. The number of carbonyl (C=O) groups excluding carboxylic acids is 1. The molecule has 4 nitrogen and oxygen atoms in total. The lowest BCUT2D eigenvalue weighted by Gasteiger charge is -2.26. The van der Waals surface area contributed by atoms with E-state index < -0.39 is 12.0 Å². The molecule has 14 heavy (non-hydrogen) atoms. The molecule has 5 heteroatoms. The second-order valence-electron chi connectivity index (χ2n) is 2.93. The van der Waals surface area contributed by atoms with Crippen molar-refractivity contribution < 1.29 is 14.7 Å². The largest absolute Gasteiger partial charge is 0.480 e. The van der Waals surface area contributed by atoms with Crippen molar-refractivity contribution in [3.05, 3.63) is 11.6 Å². The zero-order valence-corrected chi connectivity index (χ0v) is 9.04. The summed E-state index contributed by atoms with van der Waals surface area (Å²) >= 11 is 5.54. The maximum Gasteiger partial charge on any atom is 0.326 e. The van der Waals surface area contributed by atoms with Gasteiger partial charge in [-0.1, -0.05) is 25.1 Å². The molecule has 0 aromatic carbocycles. The molecule has 80 valence electrons. The summed E-state index contributed by atoms with van der Waals surface area (Å²) in [6.45, 7) is 6.51. The Morgan fingerprint density at radius 2 is 2.07 bits per heavy atom. The fourth-order valence-corrected chi connectivity index (χ4v) is 1.28. The number of hydrogen-bond acceptors (Lipinski definition) is 2. The monoisotopic (exact) mass is 219 g/mol. The van der Waals surface area contributed by atoms with Crippen LogP contribution in [0.15, 0.2) is 11.6 Å². The number of carboxylic acid groups (broad SMARTS) is 1. The number of aliphatic carboxylic acids is 1. The van der Waals surface area contributed by atoms with Gasteiger partial charge < -0.3 is 10.0 Å². The van der Waals surface area contributed by atoms with Gasteiger partial charge in [-0.2, -0.15) is 0 Å². The summed E-state index contributed by atoms with van der Waals surface area (Å²) in [5.74, 6) is -1.35. The van der Waals surface area contributed by atoms with Crippen LogP contribution in [-0.4, -0.2) is 34.5 Å². The number of hydrogen-bond donors (Lipinski definition) is 1. The molecule has 0 radical (unpaired) electrons. The molecule has 0 aromatic heterocycles. The molecular formula is C9H14ClNO3. The standard InChI is InChI=1S/C9H14ClNO3/c1-4-8(9(13)14)11(7(3)12)5-6(2)10/h8H,2,4-5H2,1,3H3,(H,13,14). The predicted molar refractivity (Wildman–Crippen MR) is 54.1 cm³/mol. The third kappa shape index (κ3) is 3.79. The van der Waals surface area contributed by atoms with Crippen LogP contribution in [0.5, 0.6) is 0 Å². The Balaban J connectivity index is 4.69. The van der Waals surface area contributed by atoms with Crippen molar-refractivity contribution in [2.45, 2.75) is 26.3 Å². The minimum absolute atomic E-state index is 0.0711. The normalized spacial score (nSPS) is 11.9. The van der Waals surface area contributed by atoms with Crippen LogP contribution in [0.25, 0.3) is 0 Å². The van der Waals surface area contributed by atoms with E-state index in [1.165, 1.54) is 11.8 Å². The van der Waals surface area contributed by atoms with E-state index in [1.54, 1.807) is 6.92 Å². The van der Waals surface area contributed by atoms with Gasteiger partial charge in [0, 0.05) is 12.0 Å². The highest BCUT2D eigenvalue weighted by atomic mass is 35.5. The maximum absolute atomic E-state index is 11.1. The van der Waals surface area contributed by atoms with Gasteiger partial charge in [0.25, 0.3) is 0 Å². The SMILES string of the molecule is C=C(Cl)CN(C(C)=O)C(CC)C(=O)O. The number of amides is 1. The van der Waals surface area contributed by atoms with E-state index in [2.05, 4.69) is 6.58 Å². The summed E-state index contributed by atoms with van der Waals surface area (Å²) in [4.78, 5) is 23.1. The highest BCUT2D eigenvalue weighted by Crippen LogP contribution is 2.10. The van der Waals surface area contributed by atoms with Gasteiger partial charge in [0.05, 0.1) is 6.54 Å². The van der Waals surface area contributed by atoms with Crippen molar-refractivity contribution in [3.63, 3.8) is 0 Å². The van der Waals surface area contributed by atoms with Crippen LogP contribution in [0.3, 0.4) is 0 Å². The van der Waals surface area contributed by atoms with Crippen LogP contribution in [-0.2, 0) is 9.59 Å². The zero-order valence-electron chi connectivity index (χ0n) is 8.29. The maximum atomic E-state index is 11.1. The highest BCUT2D eigenvalue weighted by Gasteiger charge is 2.25. The number of rotatable bonds is 5. The summed E-state index contributed by atoms with van der Waals surface area (Å²) < 4.78 is 0. The summed E-state index contributed by atoms with van der Waals surface area (Å²) in [6.07, 6.45) is 0.346. The molecule has 0 bridgehead atoms. The molecule has 0 spiro atoms. The fraction of sp³-hybridized carbons (Fsp3) is 0.556. The molecule has 0 aliphatic rings. The van der Waals surface area contributed by atoms with Crippen molar-refractivity contribution in [2.75, 3.05) is 6.54 Å². The van der Waals surface area contributed by atoms with Gasteiger partial charge in [-0.05, 0) is 6.42 Å². The third-order valence-corrected chi connectivity index (χ3v) is 1.91. The average Bonchev–Trinajstić information content (AvgIpc) is 2.02. The topological polar surface area (TPSA) is 57.6 Å². The van der Waals surface area contributed by atoms with E-state index in [-0.39, 0.29) is 17.5 Å². The summed E-state index contributed by atoms with van der Waals surface area (Å²) in [7, 11) is 0. The predicted octanol–water partition coefficient (Wildman–Crippen LogP) is 1.45. The molecule has 0 saturated carbocycles. The lowest BCUT2D eigenvalue weighted by molar-refractivity contribution is -0.149. The number of nitrogens with zero attached hydrogens (tertiary/aromatic N) is 1. The van der Waals surface area contributed by atoms with Crippen molar-refractivity contribution in [1.29, 1.82) is 0 Å². The van der Waals surface area contributed by atoms with Crippen LogP contribution < -0.4 is 0 Å². The number of carboxylic acids is 1. The van der Waals surface area contributed by atoms with Crippen LogP contribution in [0.4, 0.5) is 0 Å². The number of carbonyl (C=O) groups is 2. The van der Waals surface area contributed by atoms with E-state index in [1.807, 2.05) is 0 Å². The lowest BCUT2D eigenvalue weighted by atomic mass is 10.2. The van der Waals surface area contributed by atoms with Gasteiger partial charge >= 0.3 is 5.97 Å². The quantitative estimate of drug-likeness (QED) is 0.762. The van der Waals surface area contributed by atoms with Crippen LogP contribution in [0, 0.1) is 0 Å². The Labute approximate surface area is 88.1 Å². The fourth-order valence-electron chi connectivity index (χ4n) is 1.15. The van der Waals surface area contributed by atoms with E-state index >= 15 is 0 Å². The van der Waals surface area contributed by atoms with Gasteiger partial charge in [-0.3, -0.25) is 4.79 Å². The molecule has 0 saturated heterocycles. The van der Waals surface area contributed by atoms with Crippen molar-refractivity contribution in [1.82, 2.24) is 4.90 Å². The van der Waals surface area contributed by atoms with E-state index in [0.29, 0.717) is 6.42 Å². The molecule has 0 heterocycles. The molecule has 0 aliphatic carbocycles. The van der Waals surface area contributed by atoms with Gasteiger partial charge in [0.15, 0.2) is 0 Å². The number of halogens is 1. The summed E-state index contributed by atoms with van der Waals surface area (Å²) in [6, 6.07) is -0.831. The van der Waals surface area contributed by atoms with E-state index in [4.69, 9.17) is 16.7 Å². The Kier molecular flexibility index (Phi) is 5.23. The first kappa shape index (κ1) is 13.0. The molecule has 0 rings (SSSR count). The average molecular weight is 220 g/mol. The van der Waals surface area contributed by atoms with Crippen LogP contribution in [0.1, 0.15) is 20.3 Å². The van der Waals surface area contributed by atoms with Gasteiger partial charge in [0.1, 0.15) is 6.04 Å². The molecule has 0 aliphatic heterocycles. The molecule has 0 fully saturated rings. The Morgan fingerprint density at radius 3 is 2.29 bits per heavy atom. The summed E-state index contributed by atoms with van der Waals surface area (Å²) in [5.41, 5.74) is 0. The zero-order chi connectivity index (χ0) is 11.3. The van der Waals surface area contributed by atoms with Gasteiger partial charge in [-0.15, -0.1) is 0 Å². The lowest BCUT2D eigenvalue weighted by Crippen LogP contribution is -2.44. The Hall–Kier alpha value is -1.03. The molecular weight excluding hydrogens is 206 g/mol. The first-order valence-electron chi connectivity index (χ1n) is 4.23. The molecule has 0 aromatic rings. The minimum Gasteiger partial charge on any atom is -0.480 e. The van der Waals surface area contributed by atoms with Crippen LogP contribution in [0.2, 0.25) is 0 Å².